The van der Waals surface area contributed by atoms with Crippen LogP contribution in [-0.4, -0.2) is 26.8 Å². The van der Waals surface area contributed by atoms with Crippen molar-refractivity contribution in [2.75, 3.05) is 18.0 Å². The van der Waals surface area contributed by atoms with Gasteiger partial charge in [-0.25, -0.2) is 4.98 Å². The van der Waals surface area contributed by atoms with Crippen molar-refractivity contribution >= 4 is 23.4 Å². The summed E-state index contributed by atoms with van der Waals surface area (Å²) in [5.41, 5.74) is 13.6. The predicted molar refractivity (Wildman–Crippen MR) is 76.6 cm³/mol. The van der Waals surface area contributed by atoms with Crippen molar-refractivity contribution in [3.05, 3.63) is 11.3 Å². The van der Waals surface area contributed by atoms with E-state index in [0.717, 1.165) is 49.7 Å². The molecule has 19 heavy (non-hydrogen) atoms. The molecule has 0 aromatic carbocycles. The number of rotatable bonds is 2. The Bertz CT molecular complexity index is 470. The summed E-state index contributed by atoms with van der Waals surface area (Å²) in [6.07, 6.45) is 4.73. The molecule has 0 spiro atoms. The van der Waals surface area contributed by atoms with Crippen LogP contribution in [0.1, 0.15) is 36.9 Å². The second-order valence-electron chi connectivity index (χ2n) is 5.68. The fraction of sp³-hybridized carbons (Fsp3) is 0.692. The van der Waals surface area contributed by atoms with E-state index in [1.165, 1.54) is 12.8 Å². The molecule has 6 heteroatoms. The van der Waals surface area contributed by atoms with Gasteiger partial charge in [0.2, 0.25) is 5.95 Å². The van der Waals surface area contributed by atoms with E-state index in [2.05, 4.69) is 14.9 Å². The third-order valence-corrected chi connectivity index (χ3v) is 4.63. The Morgan fingerprint density at radius 1 is 1.11 bits per heavy atom. The van der Waals surface area contributed by atoms with Crippen molar-refractivity contribution in [1.29, 1.82) is 0 Å². The number of anilines is 2. The molecular formula is C13H20ClN5. The highest BCUT2D eigenvalue weighted by molar-refractivity contribution is 6.20. The van der Waals surface area contributed by atoms with Crippen LogP contribution in [-0.2, 0) is 13.1 Å². The first kappa shape index (κ1) is 12.9. The van der Waals surface area contributed by atoms with E-state index < -0.39 is 0 Å². The Balaban J connectivity index is 1.63. The molecule has 1 aromatic heterocycles. The summed E-state index contributed by atoms with van der Waals surface area (Å²) in [5.74, 6) is 1.56. The van der Waals surface area contributed by atoms with Gasteiger partial charge in [0.25, 0.3) is 0 Å². The second-order valence-corrected chi connectivity index (χ2v) is 6.30. The fourth-order valence-electron chi connectivity index (χ4n) is 3.16. The van der Waals surface area contributed by atoms with Crippen molar-refractivity contribution in [3.63, 3.8) is 0 Å². The number of nitrogens with two attached hydrogens (primary N) is 2. The average molecular weight is 282 g/mol. The van der Waals surface area contributed by atoms with Gasteiger partial charge in [0, 0.05) is 30.6 Å². The zero-order valence-corrected chi connectivity index (χ0v) is 11.7. The van der Waals surface area contributed by atoms with Crippen molar-refractivity contribution in [1.82, 2.24) is 14.9 Å². The molecule has 2 heterocycles. The van der Waals surface area contributed by atoms with Crippen molar-refractivity contribution in [2.24, 2.45) is 5.92 Å². The molecule has 0 atom stereocenters. The van der Waals surface area contributed by atoms with E-state index >= 15 is 0 Å². The Hall–Kier alpha value is -1.07. The van der Waals surface area contributed by atoms with Crippen LogP contribution >= 0.6 is 11.6 Å². The van der Waals surface area contributed by atoms with Gasteiger partial charge < -0.3 is 11.5 Å². The summed E-state index contributed by atoms with van der Waals surface area (Å²) in [7, 11) is 0. The molecule has 0 amide bonds. The molecule has 0 unspecified atom stereocenters. The monoisotopic (exact) mass is 281 g/mol. The quantitative estimate of drug-likeness (QED) is 0.807. The molecule has 0 radical (unpaired) electrons. The highest BCUT2D eigenvalue weighted by Crippen LogP contribution is 2.31. The summed E-state index contributed by atoms with van der Waals surface area (Å²) < 4.78 is 0. The van der Waals surface area contributed by atoms with Crippen molar-refractivity contribution < 1.29 is 0 Å². The lowest BCUT2D eigenvalue weighted by Gasteiger charge is -2.28. The topological polar surface area (TPSA) is 81.1 Å². The van der Waals surface area contributed by atoms with Crippen LogP contribution in [0, 0.1) is 5.92 Å². The smallest absolute Gasteiger partial charge is 0.222 e. The number of hydrogen-bond donors (Lipinski definition) is 2. The minimum absolute atomic E-state index is 0.278. The zero-order valence-electron chi connectivity index (χ0n) is 11.0. The van der Waals surface area contributed by atoms with Crippen LogP contribution in [0.4, 0.5) is 11.8 Å². The third-order valence-electron chi connectivity index (χ3n) is 4.19. The van der Waals surface area contributed by atoms with Crippen LogP contribution in [0.25, 0.3) is 0 Å². The predicted octanol–water partition coefficient (Wildman–Crippen LogP) is 1.75. The molecule has 1 aromatic rings. The number of nitrogens with zero attached hydrogens (tertiary/aromatic N) is 3. The summed E-state index contributed by atoms with van der Waals surface area (Å²) in [4.78, 5) is 10.7. The van der Waals surface area contributed by atoms with Crippen LogP contribution in [0.15, 0.2) is 0 Å². The van der Waals surface area contributed by atoms with Gasteiger partial charge in [-0.2, -0.15) is 4.98 Å². The van der Waals surface area contributed by atoms with E-state index in [0.29, 0.717) is 11.2 Å². The van der Waals surface area contributed by atoms with E-state index in [9.17, 15) is 0 Å². The Morgan fingerprint density at radius 3 is 2.58 bits per heavy atom. The minimum Gasteiger partial charge on any atom is -0.383 e. The van der Waals surface area contributed by atoms with Crippen LogP contribution in [0.3, 0.4) is 0 Å². The molecule has 1 aliphatic heterocycles. The van der Waals surface area contributed by atoms with Crippen LogP contribution < -0.4 is 11.5 Å². The van der Waals surface area contributed by atoms with E-state index in [-0.39, 0.29) is 5.95 Å². The molecular weight excluding hydrogens is 262 g/mol. The maximum atomic E-state index is 6.15. The van der Waals surface area contributed by atoms with Crippen molar-refractivity contribution in [2.45, 2.75) is 44.1 Å². The second kappa shape index (κ2) is 5.13. The number of aromatic nitrogens is 2. The molecule has 4 N–H and O–H groups in total. The molecule has 1 fully saturated rings. The number of nitrogen functional groups attached to an aromatic ring is 2. The van der Waals surface area contributed by atoms with Gasteiger partial charge in [0.05, 0.1) is 5.69 Å². The first-order chi connectivity index (χ1) is 9.11. The standard InChI is InChI=1S/C13H20ClN5/c14-9-3-1-8(2-4-9)5-19-6-10-11(7-19)17-13(16)18-12(10)15/h8-9H,1-7H2,(H4,15,16,17,18). The maximum absolute atomic E-state index is 6.15. The van der Waals surface area contributed by atoms with Crippen LogP contribution in [0.2, 0.25) is 0 Å². The zero-order chi connectivity index (χ0) is 13.4. The molecule has 3 rings (SSSR count). The van der Waals surface area contributed by atoms with Gasteiger partial charge in [0.1, 0.15) is 5.82 Å². The van der Waals surface area contributed by atoms with Gasteiger partial charge >= 0.3 is 0 Å². The Labute approximate surface area is 118 Å². The lowest BCUT2D eigenvalue weighted by Crippen LogP contribution is -2.28. The third kappa shape index (κ3) is 2.77. The summed E-state index contributed by atoms with van der Waals surface area (Å²) in [6, 6.07) is 0. The fourth-order valence-corrected chi connectivity index (χ4v) is 3.41. The molecule has 104 valence electrons. The minimum atomic E-state index is 0.278. The highest BCUT2D eigenvalue weighted by atomic mass is 35.5. The van der Waals surface area contributed by atoms with Crippen molar-refractivity contribution in [3.8, 4) is 0 Å². The number of halogens is 1. The number of hydrogen-bond acceptors (Lipinski definition) is 5. The molecule has 2 aliphatic rings. The number of fused-ring (bicyclic) bond motifs is 1. The average Bonchev–Trinajstić information content (AvgIpc) is 2.75. The highest BCUT2D eigenvalue weighted by Gasteiger charge is 2.27. The lowest BCUT2D eigenvalue weighted by atomic mass is 9.88. The lowest BCUT2D eigenvalue weighted by molar-refractivity contribution is 0.203. The summed E-state index contributed by atoms with van der Waals surface area (Å²) in [6.45, 7) is 2.79. The first-order valence-electron chi connectivity index (χ1n) is 6.89. The Morgan fingerprint density at radius 2 is 1.84 bits per heavy atom. The molecule has 0 bridgehead atoms. The molecule has 5 nitrogen and oxygen atoms in total. The van der Waals surface area contributed by atoms with E-state index in [1.54, 1.807) is 0 Å². The van der Waals surface area contributed by atoms with Gasteiger partial charge in [0.15, 0.2) is 0 Å². The SMILES string of the molecule is Nc1nc(N)c2c(n1)CN(CC1CCC(Cl)CC1)C2. The molecule has 1 saturated carbocycles. The Kier molecular flexibility index (Phi) is 3.50. The molecule has 1 aliphatic carbocycles. The van der Waals surface area contributed by atoms with Gasteiger partial charge in [-0.05, 0) is 31.6 Å². The maximum Gasteiger partial charge on any atom is 0.222 e. The summed E-state index contributed by atoms with van der Waals surface area (Å²) >= 11 is 6.15. The van der Waals surface area contributed by atoms with Crippen LogP contribution in [0.5, 0.6) is 0 Å². The molecule has 0 saturated heterocycles. The van der Waals surface area contributed by atoms with Gasteiger partial charge in [-0.3, -0.25) is 4.90 Å². The summed E-state index contributed by atoms with van der Waals surface area (Å²) in [5, 5.41) is 0.383. The first-order valence-corrected chi connectivity index (χ1v) is 7.32. The van der Waals surface area contributed by atoms with E-state index in [1.807, 2.05) is 0 Å². The normalized spacial score (nSPS) is 27.4. The van der Waals surface area contributed by atoms with Gasteiger partial charge in [-0.1, -0.05) is 0 Å². The number of alkyl halides is 1. The van der Waals surface area contributed by atoms with E-state index in [4.69, 9.17) is 23.1 Å². The largest absolute Gasteiger partial charge is 0.383 e. The van der Waals surface area contributed by atoms with Gasteiger partial charge in [-0.15, -0.1) is 11.6 Å².